The molecule has 3 aromatic carbocycles. The van der Waals surface area contributed by atoms with Gasteiger partial charge in [-0.25, -0.2) is 0 Å². The third-order valence-corrected chi connectivity index (χ3v) is 5.03. The van der Waals surface area contributed by atoms with Crippen molar-refractivity contribution >= 4 is 23.0 Å². The highest BCUT2D eigenvalue weighted by molar-refractivity contribution is 5.84. The summed E-state index contributed by atoms with van der Waals surface area (Å²) in [5.41, 5.74) is 9.00. The largest absolute Gasteiger partial charge is 0.377 e. The average molecular weight is 371 g/mol. The predicted molar refractivity (Wildman–Crippen MR) is 124 cm³/mol. The maximum absolute atomic E-state index is 2.34. The van der Waals surface area contributed by atoms with E-state index in [2.05, 4.69) is 124 Å². The van der Waals surface area contributed by atoms with Gasteiger partial charge in [-0.2, -0.15) is 0 Å². The first kappa shape index (κ1) is 19.8. The molecule has 0 spiro atoms. The van der Waals surface area contributed by atoms with Crippen molar-refractivity contribution in [2.24, 2.45) is 0 Å². The molecule has 2 nitrogen and oxygen atoms in total. The highest BCUT2D eigenvalue weighted by Crippen LogP contribution is 2.32. The number of rotatable bonds is 6. The van der Waals surface area contributed by atoms with Crippen LogP contribution in [0.1, 0.15) is 22.3 Å². The van der Waals surface area contributed by atoms with Gasteiger partial charge in [-0.1, -0.05) is 66.7 Å². The zero-order valence-electron chi connectivity index (χ0n) is 17.6. The molecule has 0 saturated heterocycles. The lowest BCUT2D eigenvalue weighted by Crippen LogP contribution is -2.15. The van der Waals surface area contributed by atoms with Crippen LogP contribution in [0.15, 0.2) is 72.8 Å². The first-order valence-electron chi connectivity index (χ1n) is 9.75. The molecule has 144 valence electrons. The van der Waals surface area contributed by atoms with Crippen molar-refractivity contribution in [1.82, 2.24) is 0 Å². The average Bonchev–Trinajstić information content (AvgIpc) is 2.69. The Bertz CT molecular complexity index is 939. The number of aryl methyl sites for hydroxylation is 1. The molecule has 3 aromatic rings. The second kappa shape index (κ2) is 8.79. The number of nitrogens with zero attached hydrogens (tertiary/aromatic N) is 2. The Hall–Kier alpha value is -3.00. The van der Waals surface area contributed by atoms with Gasteiger partial charge in [0.25, 0.3) is 0 Å². The molecule has 0 aromatic heterocycles. The molecular weight excluding hydrogens is 340 g/mol. The normalized spacial score (nSPS) is 11.4. The molecule has 0 bridgehead atoms. The minimum Gasteiger partial charge on any atom is -0.377 e. The van der Waals surface area contributed by atoms with E-state index in [1.807, 2.05) is 0 Å². The van der Waals surface area contributed by atoms with Crippen LogP contribution in [0.4, 0.5) is 11.4 Å². The zero-order valence-corrected chi connectivity index (χ0v) is 17.6. The molecular formula is C26H30N2. The fourth-order valence-electron chi connectivity index (χ4n) is 3.61. The highest BCUT2D eigenvalue weighted by atomic mass is 15.1. The Balaban J connectivity index is 2.11. The summed E-state index contributed by atoms with van der Waals surface area (Å²) < 4.78 is 0. The lowest BCUT2D eigenvalue weighted by Gasteiger charge is -2.24. The zero-order chi connectivity index (χ0) is 20.1. The van der Waals surface area contributed by atoms with Crippen molar-refractivity contribution in [3.05, 3.63) is 95.1 Å². The molecule has 28 heavy (non-hydrogen) atoms. The van der Waals surface area contributed by atoms with Crippen molar-refractivity contribution in [3.63, 3.8) is 0 Å². The van der Waals surface area contributed by atoms with E-state index < -0.39 is 0 Å². The van der Waals surface area contributed by atoms with Gasteiger partial charge in [0.15, 0.2) is 0 Å². The summed E-state index contributed by atoms with van der Waals surface area (Å²) >= 11 is 0. The standard InChI is InChI=1S/C26H30N2/c1-20-16-26(28(4)5)24(19-25(20)27(2)3)18-23(22-14-10-7-11-15-22)17-21-12-8-6-9-13-21/h6-17,19H,18H2,1-5H3/b23-17-. The van der Waals surface area contributed by atoms with Crippen LogP contribution in [0.25, 0.3) is 11.6 Å². The molecule has 0 saturated carbocycles. The summed E-state index contributed by atoms with van der Waals surface area (Å²) in [7, 11) is 8.46. The van der Waals surface area contributed by atoms with Gasteiger partial charge in [0.2, 0.25) is 0 Å². The van der Waals surface area contributed by atoms with Crippen molar-refractivity contribution in [2.45, 2.75) is 13.3 Å². The second-order valence-electron chi connectivity index (χ2n) is 7.68. The molecule has 0 fully saturated rings. The highest BCUT2D eigenvalue weighted by Gasteiger charge is 2.13. The molecule has 0 N–H and O–H groups in total. The van der Waals surface area contributed by atoms with Crippen LogP contribution in [0, 0.1) is 6.92 Å². The van der Waals surface area contributed by atoms with E-state index >= 15 is 0 Å². The van der Waals surface area contributed by atoms with Crippen LogP contribution in [0.2, 0.25) is 0 Å². The van der Waals surface area contributed by atoms with Crippen LogP contribution in [0.5, 0.6) is 0 Å². The topological polar surface area (TPSA) is 6.48 Å². The first-order chi connectivity index (χ1) is 13.5. The Morgan fingerprint density at radius 1 is 0.750 bits per heavy atom. The van der Waals surface area contributed by atoms with Gasteiger partial charge in [0.1, 0.15) is 0 Å². The summed E-state index contributed by atoms with van der Waals surface area (Å²) in [4.78, 5) is 4.41. The SMILES string of the molecule is Cc1cc(N(C)C)c(C/C(=C/c2ccccc2)c2ccccc2)cc1N(C)C. The third kappa shape index (κ3) is 4.64. The summed E-state index contributed by atoms with van der Waals surface area (Å²) in [5, 5.41) is 0. The maximum atomic E-state index is 2.34. The van der Waals surface area contributed by atoms with Crippen LogP contribution in [-0.2, 0) is 6.42 Å². The summed E-state index contributed by atoms with van der Waals surface area (Å²) in [6.45, 7) is 2.18. The van der Waals surface area contributed by atoms with Gasteiger partial charge in [0.05, 0.1) is 0 Å². The Morgan fingerprint density at radius 2 is 1.32 bits per heavy atom. The van der Waals surface area contributed by atoms with Gasteiger partial charge in [-0.15, -0.1) is 0 Å². The Labute approximate surface area is 169 Å². The first-order valence-corrected chi connectivity index (χ1v) is 9.75. The Kier molecular flexibility index (Phi) is 6.20. The number of benzene rings is 3. The monoisotopic (exact) mass is 370 g/mol. The number of hydrogen-bond donors (Lipinski definition) is 0. The van der Waals surface area contributed by atoms with Crippen molar-refractivity contribution in [2.75, 3.05) is 38.0 Å². The maximum Gasteiger partial charge on any atom is 0.0401 e. The van der Waals surface area contributed by atoms with Crippen LogP contribution >= 0.6 is 0 Å². The summed E-state index contributed by atoms with van der Waals surface area (Å²) in [5.74, 6) is 0. The molecule has 3 rings (SSSR count). The smallest absolute Gasteiger partial charge is 0.0401 e. The quantitative estimate of drug-likeness (QED) is 0.498. The molecule has 0 heterocycles. The molecule has 0 radical (unpaired) electrons. The van der Waals surface area contributed by atoms with Crippen LogP contribution in [-0.4, -0.2) is 28.2 Å². The van der Waals surface area contributed by atoms with E-state index in [0.29, 0.717) is 0 Å². The van der Waals surface area contributed by atoms with E-state index in [0.717, 1.165) is 6.42 Å². The minimum atomic E-state index is 0.882. The number of allylic oxidation sites excluding steroid dienone is 1. The molecule has 0 atom stereocenters. The number of anilines is 2. The number of hydrogen-bond acceptors (Lipinski definition) is 2. The Morgan fingerprint density at radius 3 is 1.89 bits per heavy atom. The van der Waals surface area contributed by atoms with Crippen LogP contribution in [0.3, 0.4) is 0 Å². The fourth-order valence-corrected chi connectivity index (χ4v) is 3.61. The van der Waals surface area contributed by atoms with Crippen molar-refractivity contribution < 1.29 is 0 Å². The van der Waals surface area contributed by atoms with E-state index in [-0.39, 0.29) is 0 Å². The molecule has 2 heteroatoms. The van der Waals surface area contributed by atoms with E-state index in [9.17, 15) is 0 Å². The summed E-state index contributed by atoms with van der Waals surface area (Å²) in [6, 6.07) is 25.9. The lowest BCUT2D eigenvalue weighted by molar-refractivity contribution is 1.07. The van der Waals surface area contributed by atoms with Gasteiger partial charge in [-0.3, -0.25) is 0 Å². The fraction of sp³-hybridized carbons (Fsp3) is 0.231. The van der Waals surface area contributed by atoms with Crippen LogP contribution < -0.4 is 9.80 Å². The third-order valence-electron chi connectivity index (χ3n) is 5.03. The van der Waals surface area contributed by atoms with Crippen molar-refractivity contribution in [1.29, 1.82) is 0 Å². The lowest BCUT2D eigenvalue weighted by atomic mass is 9.93. The molecule has 0 aliphatic rings. The molecule has 0 aliphatic heterocycles. The summed E-state index contributed by atoms with van der Waals surface area (Å²) in [6.07, 6.45) is 3.19. The molecule has 0 aliphatic carbocycles. The van der Waals surface area contributed by atoms with Crippen molar-refractivity contribution in [3.8, 4) is 0 Å². The molecule has 0 unspecified atom stereocenters. The van der Waals surface area contributed by atoms with E-state index in [1.54, 1.807) is 0 Å². The van der Waals surface area contributed by atoms with Gasteiger partial charge < -0.3 is 9.80 Å². The van der Waals surface area contributed by atoms with Gasteiger partial charge in [0, 0.05) is 46.0 Å². The predicted octanol–water partition coefficient (Wildman–Crippen LogP) is 5.91. The van der Waals surface area contributed by atoms with Gasteiger partial charge >= 0.3 is 0 Å². The minimum absolute atomic E-state index is 0.882. The second-order valence-corrected chi connectivity index (χ2v) is 7.68. The molecule has 0 amide bonds. The van der Waals surface area contributed by atoms with E-state index in [4.69, 9.17) is 0 Å². The van der Waals surface area contributed by atoms with Gasteiger partial charge in [-0.05, 0) is 46.9 Å². The van der Waals surface area contributed by atoms with E-state index in [1.165, 1.54) is 39.2 Å².